The summed E-state index contributed by atoms with van der Waals surface area (Å²) in [4.78, 5) is 0. The fourth-order valence-electron chi connectivity index (χ4n) is 2.17. The third-order valence-corrected chi connectivity index (χ3v) is 3.45. The number of alkyl halides is 3. The summed E-state index contributed by atoms with van der Waals surface area (Å²) in [7, 11) is 0. The van der Waals surface area contributed by atoms with Gasteiger partial charge in [0.1, 0.15) is 0 Å². The van der Waals surface area contributed by atoms with Crippen LogP contribution in [0, 0.1) is 0 Å². The highest BCUT2D eigenvalue weighted by Gasteiger charge is 2.39. The van der Waals surface area contributed by atoms with Crippen LogP contribution in [0.2, 0.25) is 0 Å². The molecule has 18 heavy (non-hydrogen) atoms. The van der Waals surface area contributed by atoms with E-state index >= 15 is 0 Å². The summed E-state index contributed by atoms with van der Waals surface area (Å²) in [5.41, 5.74) is -0.962. The molecule has 1 aromatic rings. The van der Waals surface area contributed by atoms with Crippen LogP contribution in [0.4, 0.5) is 13.2 Å². The molecule has 2 nitrogen and oxygen atoms in total. The van der Waals surface area contributed by atoms with Gasteiger partial charge >= 0.3 is 6.18 Å². The minimum atomic E-state index is -4.32. The molecule has 2 unspecified atom stereocenters. The second kappa shape index (κ2) is 4.55. The number of aliphatic hydroxyl groups is 1. The third kappa shape index (κ3) is 2.67. The molecule has 1 saturated heterocycles. The highest BCUT2D eigenvalue weighted by Crippen LogP contribution is 2.32. The Bertz CT molecular complexity index is 413. The van der Waals surface area contributed by atoms with Crippen LogP contribution in [0.5, 0.6) is 0 Å². The molecule has 1 heterocycles. The van der Waals surface area contributed by atoms with Crippen LogP contribution in [0.25, 0.3) is 0 Å². The molecule has 1 fully saturated rings. The molecule has 0 aliphatic carbocycles. The summed E-state index contributed by atoms with van der Waals surface area (Å²) in [6.07, 6.45) is -3.79. The Morgan fingerprint density at radius 3 is 2.39 bits per heavy atom. The quantitative estimate of drug-likeness (QED) is 0.886. The maximum absolute atomic E-state index is 12.4. The largest absolute Gasteiger partial charge is 0.416 e. The zero-order valence-corrected chi connectivity index (χ0v) is 10.00. The summed E-state index contributed by atoms with van der Waals surface area (Å²) in [6, 6.07) is 4.90. The fourth-order valence-corrected chi connectivity index (χ4v) is 2.17. The van der Waals surface area contributed by atoms with Crippen molar-refractivity contribution < 1.29 is 23.0 Å². The normalized spacial score (nSPS) is 28.6. The van der Waals surface area contributed by atoms with Crippen molar-refractivity contribution in [3.05, 3.63) is 35.4 Å². The molecule has 0 spiro atoms. The third-order valence-electron chi connectivity index (χ3n) is 3.45. The van der Waals surface area contributed by atoms with E-state index in [0.717, 1.165) is 12.1 Å². The second-order valence-electron chi connectivity index (χ2n) is 4.74. The summed E-state index contributed by atoms with van der Waals surface area (Å²) in [6.45, 7) is 2.26. The number of halogens is 3. The van der Waals surface area contributed by atoms with Gasteiger partial charge in [0.05, 0.1) is 17.3 Å². The first kappa shape index (κ1) is 13.4. The molecule has 1 aliphatic rings. The molecule has 0 aromatic heterocycles. The summed E-state index contributed by atoms with van der Waals surface area (Å²) in [5.74, 6) is 0. The van der Waals surface area contributed by atoms with Crippen LogP contribution >= 0.6 is 0 Å². The summed E-state index contributed by atoms with van der Waals surface area (Å²) in [5, 5.41) is 10.3. The SMILES string of the molecule is CC1OCCC1(O)Cc1ccc(C(F)(F)F)cc1. The number of hydrogen-bond donors (Lipinski definition) is 1. The molecular weight excluding hydrogens is 245 g/mol. The average molecular weight is 260 g/mol. The minimum absolute atomic E-state index is 0.292. The Balaban J connectivity index is 2.11. The molecule has 0 bridgehead atoms. The maximum Gasteiger partial charge on any atom is 0.416 e. The Morgan fingerprint density at radius 2 is 1.94 bits per heavy atom. The van der Waals surface area contributed by atoms with Crippen molar-refractivity contribution in [3.8, 4) is 0 Å². The monoisotopic (exact) mass is 260 g/mol. The van der Waals surface area contributed by atoms with Crippen LogP contribution in [-0.4, -0.2) is 23.4 Å². The van der Waals surface area contributed by atoms with Gasteiger partial charge in [0.25, 0.3) is 0 Å². The lowest BCUT2D eigenvalue weighted by Crippen LogP contribution is -2.38. The van der Waals surface area contributed by atoms with Crippen LogP contribution in [0.1, 0.15) is 24.5 Å². The van der Waals surface area contributed by atoms with E-state index in [0.29, 0.717) is 25.0 Å². The standard InChI is InChI=1S/C13H15F3O2/c1-9-12(17,6-7-18-9)8-10-2-4-11(5-3-10)13(14,15)16/h2-5,9,17H,6-8H2,1H3. The number of hydrogen-bond acceptors (Lipinski definition) is 2. The molecule has 0 saturated carbocycles. The van der Waals surface area contributed by atoms with E-state index in [9.17, 15) is 18.3 Å². The zero-order chi connectivity index (χ0) is 13.4. The van der Waals surface area contributed by atoms with Gasteiger partial charge < -0.3 is 9.84 Å². The van der Waals surface area contributed by atoms with Crippen molar-refractivity contribution in [2.45, 2.75) is 37.6 Å². The molecule has 1 N–H and O–H groups in total. The van der Waals surface area contributed by atoms with E-state index in [1.807, 2.05) is 0 Å². The Morgan fingerprint density at radius 1 is 1.33 bits per heavy atom. The van der Waals surface area contributed by atoms with Crippen LogP contribution < -0.4 is 0 Å². The Labute approximate surface area is 103 Å². The zero-order valence-electron chi connectivity index (χ0n) is 10.00. The lowest BCUT2D eigenvalue weighted by Gasteiger charge is -2.26. The Kier molecular flexibility index (Phi) is 3.38. The van der Waals surface area contributed by atoms with Crippen molar-refractivity contribution in [1.82, 2.24) is 0 Å². The molecule has 1 aromatic carbocycles. The van der Waals surface area contributed by atoms with E-state index in [2.05, 4.69) is 0 Å². The summed E-state index contributed by atoms with van der Waals surface area (Å²) < 4.78 is 42.5. The van der Waals surface area contributed by atoms with E-state index in [-0.39, 0.29) is 6.10 Å². The van der Waals surface area contributed by atoms with Gasteiger partial charge in [0, 0.05) is 19.4 Å². The lowest BCUT2D eigenvalue weighted by molar-refractivity contribution is -0.137. The second-order valence-corrected chi connectivity index (χ2v) is 4.74. The minimum Gasteiger partial charge on any atom is -0.387 e. The van der Waals surface area contributed by atoms with E-state index < -0.39 is 17.3 Å². The molecule has 2 rings (SSSR count). The topological polar surface area (TPSA) is 29.5 Å². The van der Waals surface area contributed by atoms with Gasteiger partial charge in [-0.1, -0.05) is 12.1 Å². The molecule has 2 atom stereocenters. The highest BCUT2D eigenvalue weighted by atomic mass is 19.4. The van der Waals surface area contributed by atoms with E-state index in [1.165, 1.54) is 12.1 Å². The van der Waals surface area contributed by atoms with Gasteiger partial charge in [-0.25, -0.2) is 0 Å². The molecule has 0 radical (unpaired) electrons. The van der Waals surface area contributed by atoms with Crippen LogP contribution in [0.3, 0.4) is 0 Å². The average Bonchev–Trinajstić information content (AvgIpc) is 2.58. The summed E-state index contributed by atoms with van der Waals surface area (Å²) >= 11 is 0. The van der Waals surface area contributed by atoms with Gasteiger partial charge in [0.2, 0.25) is 0 Å². The molecule has 5 heteroatoms. The van der Waals surface area contributed by atoms with Gasteiger partial charge in [0.15, 0.2) is 0 Å². The first-order chi connectivity index (χ1) is 8.31. The van der Waals surface area contributed by atoms with Gasteiger partial charge in [-0.3, -0.25) is 0 Å². The molecular formula is C13H15F3O2. The number of benzene rings is 1. The van der Waals surface area contributed by atoms with Crippen LogP contribution in [-0.2, 0) is 17.3 Å². The highest BCUT2D eigenvalue weighted by molar-refractivity contribution is 5.26. The van der Waals surface area contributed by atoms with E-state index in [1.54, 1.807) is 6.92 Å². The fraction of sp³-hybridized carbons (Fsp3) is 0.538. The van der Waals surface area contributed by atoms with Crippen molar-refractivity contribution in [2.24, 2.45) is 0 Å². The smallest absolute Gasteiger partial charge is 0.387 e. The van der Waals surface area contributed by atoms with Gasteiger partial charge in [-0.15, -0.1) is 0 Å². The van der Waals surface area contributed by atoms with E-state index in [4.69, 9.17) is 4.74 Å². The number of rotatable bonds is 2. The van der Waals surface area contributed by atoms with Crippen molar-refractivity contribution in [2.75, 3.05) is 6.61 Å². The van der Waals surface area contributed by atoms with Crippen LogP contribution in [0.15, 0.2) is 24.3 Å². The van der Waals surface area contributed by atoms with Gasteiger partial charge in [-0.05, 0) is 24.6 Å². The molecule has 100 valence electrons. The lowest BCUT2D eigenvalue weighted by atomic mass is 9.88. The predicted molar refractivity (Wildman–Crippen MR) is 60.1 cm³/mol. The predicted octanol–water partition coefficient (Wildman–Crippen LogP) is 2.79. The van der Waals surface area contributed by atoms with Crippen molar-refractivity contribution in [1.29, 1.82) is 0 Å². The maximum atomic E-state index is 12.4. The first-order valence-corrected chi connectivity index (χ1v) is 5.81. The Hall–Kier alpha value is -1.07. The van der Waals surface area contributed by atoms with Gasteiger partial charge in [-0.2, -0.15) is 13.2 Å². The van der Waals surface area contributed by atoms with Crippen molar-refractivity contribution in [3.63, 3.8) is 0 Å². The van der Waals surface area contributed by atoms with Crippen molar-refractivity contribution >= 4 is 0 Å². The first-order valence-electron chi connectivity index (χ1n) is 5.81. The molecule has 1 aliphatic heterocycles. The number of ether oxygens (including phenoxy) is 1. The molecule has 0 amide bonds.